The van der Waals surface area contributed by atoms with Gasteiger partial charge in [-0.25, -0.2) is 8.42 Å². The number of thioether (sulfide) groups is 1. The number of nitrogens with one attached hydrogen (secondary N) is 2. The number of carbonyl (C=O) groups is 1. The van der Waals surface area contributed by atoms with Crippen LogP contribution in [0.1, 0.15) is 15.9 Å². The van der Waals surface area contributed by atoms with Crippen molar-refractivity contribution in [2.75, 3.05) is 22.1 Å². The fraction of sp³-hybridized carbons (Fsp3) is 0.200. The molecule has 7 nitrogen and oxygen atoms in total. The van der Waals surface area contributed by atoms with Crippen LogP contribution < -0.4 is 15.4 Å². The largest absolute Gasteiger partial charge is 0.457 e. The Morgan fingerprint density at radius 3 is 2.47 bits per heavy atom. The lowest BCUT2D eigenvalue weighted by Gasteiger charge is -2.12. The average molecular weight is 494 g/mol. The van der Waals surface area contributed by atoms with Gasteiger partial charge in [-0.1, -0.05) is 36.0 Å². The highest BCUT2D eigenvalue weighted by molar-refractivity contribution is 8.15. The van der Waals surface area contributed by atoms with Gasteiger partial charge in [0.15, 0.2) is 15.0 Å². The van der Waals surface area contributed by atoms with Crippen molar-refractivity contribution >= 4 is 44.0 Å². The number of fused-ring (bicyclic) bond motifs is 1. The molecule has 5 rings (SSSR count). The third-order valence-electron chi connectivity index (χ3n) is 5.65. The van der Waals surface area contributed by atoms with Crippen molar-refractivity contribution in [3.63, 3.8) is 0 Å². The van der Waals surface area contributed by atoms with Crippen molar-refractivity contribution in [2.45, 2.75) is 18.2 Å². The van der Waals surface area contributed by atoms with E-state index in [9.17, 15) is 13.2 Å². The molecule has 2 aliphatic heterocycles. The molecule has 0 saturated carbocycles. The number of hydrogen-bond donors (Lipinski definition) is 2. The smallest absolute Gasteiger partial charge is 0.255 e. The minimum Gasteiger partial charge on any atom is -0.457 e. The van der Waals surface area contributed by atoms with E-state index in [4.69, 9.17) is 4.74 Å². The fourth-order valence-corrected chi connectivity index (χ4v) is 7.53. The molecule has 0 aromatic heterocycles. The second-order valence-corrected chi connectivity index (χ2v) is 11.7. The Kier molecular flexibility index (Phi) is 6.05. The minimum absolute atomic E-state index is 0.0341. The van der Waals surface area contributed by atoms with Gasteiger partial charge in [-0.3, -0.25) is 9.79 Å². The van der Waals surface area contributed by atoms with Gasteiger partial charge in [-0.2, -0.15) is 0 Å². The number of hydrogen-bond acceptors (Lipinski definition) is 7. The Hall–Kier alpha value is -3.30. The van der Waals surface area contributed by atoms with Gasteiger partial charge in [0.05, 0.1) is 17.5 Å². The van der Waals surface area contributed by atoms with Crippen LogP contribution in [0, 0.1) is 6.92 Å². The molecule has 1 amide bonds. The van der Waals surface area contributed by atoms with Crippen LogP contribution >= 0.6 is 11.8 Å². The maximum atomic E-state index is 12.8. The summed E-state index contributed by atoms with van der Waals surface area (Å²) in [6.07, 6.45) is 0. The van der Waals surface area contributed by atoms with Gasteiger partial charge >= 0.3 is 0 Å². The van der Waals surface area contributed by atoms with E-state index in [0.717, 1.165) is 17.0 Å². The van der Waals surface area contributed by atoms with Crippen molar-refractivity contribution in [3.05, 3.63) is 83.9 Å². The predicted octanol–water partition coefficient (Wildman–Crippen LogP) is 4.72. The fourth-order valence-electron chi connectivity index (χ4n) is 3.86. The standard InChI is InChI=1S/C25H23N3O4S2/c1-16-7-8-17(13-21(16)27-25-28-22-14-34(30,31)15-23(22)33-25)24(29)26-18-9-11-20(12-10-18)32-19-5-3-2-4-6-19/h2-13,22-23H,14-15H2,1H3,(H,26,29)(H,27,28)/t22-,23+/m1/s1. The highest BCUT2D eigenvalue weighted by Gasteiger charge is 2.42. The summed E-state index contributed by atoms with van der Waals surface area (Å²) in [4.78, 5) is 17.4. The molecule has 1 saturated heterocycles. The van der Waals surface area contributed by atoms with Gasteiger partial charge < -0.3 is 15.4 Å². The van der Waals surface area contributed by atoms with Crippen LogP contribution in [0.15, 0.2) is 77.8 Å². The molecule has 2 atom stereocenters. The summed E-state index contributed by atoms with van der Waals surface area (Å²) in [5, 5.41) is 6.84. The number of nitrogens with zero attached hydrogens (tertiary/aromatic N) is 1. The zero-order chi connectivity index (χ0) is 23.7. The van der Waals surface area contributed by atoms with Gasteiger partial charge in [-0.05, 0) is 61.0 Å². The van der Waals surface area contributed by atoms with Crippen molar-refractivity contribution in [2.24, 2.45) is 4.99 Å². The van der Waals surface area contributed by atoms with Crippen molar-refractivity contribution < 1.29 is 17.9 Å². The van der Waals surface area contributed by atoms with Crippen LogP contribution in [0.25, 0.3) is 0 Å². The Balaban J connectivity index is 1.24. The monoisotopic (exact) mass is 493 g/mol. The lowest BCUT2D eigenvalue weighted by atomic mass is 10.1. The lowest BCUT2D eigenvalue weighted by Crippen LogP contribution is -2.14. The van der Waals surface area contributed by atoms with E-state index >= 15 is 0 Å². The molecule has 0 bridgehead atoms. The SMILES string of the molecule is Cc1ccc(C(=O)Nc2ccc(Oc3ccccc3)cc2)cc1NC1=N[C@@H]2CS(=O)(=O)C[C@@H]2S1. The number of anilines is 2. The Morgan fingerprint density at radius 1 is 1.00 bits per heavy atom. The molecule has 2 aliphatic rings. The summed E-state index contributed by atoms with van der Waals surface area (Å²) in [7, 11) is -2.99. The third kappa shape index (κ3) is 5.10. The number of sulfone groups is 1. The van der Waals surface area contributed by atoms with Crippen LogP contribution in [0.3, 0.4) is 0 Å². The molecule has 0 spiro atoms. The molecule has 2 heterocycles. The molecule has 3 aromatic rings. The quantitative estimate of drug-likeness (QED) is 0.534. The highest BCUT2D eigenvalue weighted by Crippen LogP contribution is 2.35. The molecule has 2 N–H and O–H groups in total. The summed E-state index contributed by atoms with van der Waals surface area (Å²) < 4.78 is 29.3. The number of carbonyl (C=O) groups excluding carboxylic acids is 1. The second-order valence-electron chi connectivity index (χ2n) is 8.28. The number of amides is 1. The first-order valence-electron chi connectivity index (χ1n) is 10.8. The zero-order valence-electron chi connectivity index (χ0n) is 18.4. The van der Waals surface area contributed by atoms with Gasteiger partial charge in [-0.15, -0.1) is 0 Å². The normalized spacial score (nSPS) is 20.3. The van der Waals surface area contributed by atoms with Crippen LogP contribution in [-0.4, -0.2) is 42.3 Å². The van der Waals surface area contributed by atoms with Gasteiger partial charge in [0, 0.05) is 22.2 Å². The second kappa shape index (κ2) is 9.15. The average Bonchev–Trinajstić information content (AvgIpc) is 3.29. The number of aliphatic imine (C=N–C) groups is 1. The van der Waals surface area contributed by atoms with Crippen molar-refractivity contribution in [1.29, 1.82) is 0 Å². The van der Waals surface area contributed by atoms with Crippen LogP contribution in [-0.2, 0) is 9.84 Å². The minimum atomic E-state index is -2.99. The number of amidine groups is 1. The summed E-state index contributed by atoms with van der Waals surface area (Å²) in [5.74, 6) is 1.46. The number of benzene rings is 3. The Bertz CT molecular complexity index is 1360. The first-order chi connectivity index (χ1) is 16.3. The molecule has 0 radical (unpaired) electrons. The van der Waals surface area contributed by atoms with Gasteiger partial charge in [0.1, 0.15) is 11.5 Å². The number of para-hydroxylation sites is 1. The molecule has 0 unspecified atom stereocenters. The summed E-state index contributed by atoms with van der Waals surface area (Å²) >= 11 is 1.45. The van der Waals surface area contributed by atoms with E-state index in [1.165, 1.54) is 11.8 Å². The van der Waals surface area contributed by atoms with Crippen molar-refractivity contribution in [3.8, 4) is 11.5 Å². The van der Waals surface area contributed by atoms with E-state index in [-0.39, 0.29) is 28.7 Å². The number of aryl methyl sites for hydroxylation is 1. The Morgan fingerprint density at radius 2 is 1.74 bits per heavy atom. The lowest BCUT2D eigenvalue weighted by molar-refractivity contribution is 0.102. The summed E-state index contributed by atoms with van der Waals surface area (Å²) in [6, 6.07) is 21.9. The highest BCUT2D eigenvalue weighted by atomic mass is 32.2. The topological polar surface area (TPSA) is 96.9 Å². The first kappa shape index (κ1) is 22.5. The summed E-state index contributed by atoms with van der Waals surface area (Å²) in [6.45, 7) is 1.95. The first-order valence-corrected chi connectivity index (χ1v) is 13.5. The molecule has 174 valence electrons. The predicted molar refractivity (Wildman–Crippen MR) is 137 cm³/mol. The summed E-state index contributed by atoms with van der Waals surface area (Å²) in [5.41, 5.74) is 2.90. The van der Waals surface area contributed by atoms with E-state index in [2.05, 4.69) is 15.6 Å². The van der Waals surface area contributed by atoms with Gasteiger partial charge in [0.2, 0.25) is 0 Å². The molecule has 34 heavy (non-hydrogen) atoms. The molecule has 9 heteroatoms. The molecule has 3 aromatic carbocycles. The van der Waals surface area contributed by atoms with Crippen molar-refractivity contribution in [1.82, 2.24) is 0 Å². The van der Waals surface area contributed by atoms with E-state index in [1.54, 1.807) is 36.4 Å². The van der Waals surface area contributed by atoms with Crippen LogP contribution in [0.4, 0.5) is 11.4 Å². The van der Waals surface area contributed by atoms with Crippen LogP contribution in [0.5, 0.6) is 11.5 Å². The zero-order valence-corrected chi connectivity index (χ0v) is 20.0. The van der Waals surface area contributed by atoms with Gasteiger partial charge in [0.25, 0.3) is 5.91 Å². The number of rotatable bonds is 5. The number of ether oxygens (including phenoxy) is 1. The molecule has 0 aliphatic carbocycles. The Labute approximate surface area is 202 Å². The molecule has 1 fully saturated rings. The van der Waals surface area contributed by atoms with E-state index in [0.29, 0.717) is 22.2 Å². The molecular formula is C25H23N3O4S2. The maximum Gasteiger partial charge on any atom is 0.255 e. The van der Waals surface area contributed by atoms with Crippen LogP contribution in [0.2, 0.25) is 0 Å². The third-order valence-corrected chi connectivity index (χ3v) is 8.79. The van der Waals surface area contributed by atoms with E-state index in [1.807, 2.05) is 43.3 Å². The maximum absolute atomic E-state index is 12.8. The molecular weight excluding hydrogens is 470 g/mol. The van der Waals surface area contributed by atoms with E-state index < -0.39 is 9.84 Å².